The van der Waals surface area contributed by atoms with E-state index in [0.717, 1.165) is 0 Å². The van der Waals surface area contributed by atoms with Crippen LogP contribution in [0.25, 0.3) is 0 Å². The van der Waals surface area contributed by atoms with Gasteiger partial charge >= 0.3 is 5.97 Å². The van der Waals surface area contributed by atoms with Crippen molar-refractivity contribution in [2.75, 3.05) is 34.5 Å². The van der Waals surface area contributed by atoms with Gasteiger partial charge in [0.05, 0.1) is 50.3 Å². The zero-order chi connectivity index (χ0) is 29.8. The molecule has 3 aromatic rings. The number of carbonyl (C=O) groups is 3. The number of nitrogens with one attached hydrogen (secondary N) is 2. The minimum atomic E-state index is -0.666. The Kier molecular flexibility index (Phi) is 11.4. The van der Waals surface area contributed by atoms with Crippen LogP contribution in [0.15, 0.2) is 59.7 Å². The van der Waals surface area contributed by atoms with Gasteiger partial charge in [0.25, 0.3) is 5.91 Å². The van der Waals surface area contributed by atoms with Crippen molar-refractivity contribution in [2.45, 2.75) is 13.3 Å². The fourth-order valence-electron chi connectivity index (χ4n) is 3.58. The first kappa shape index (κ1) is 30.8. The van der Waals surface area contributed by atoms with Crippen LogP contribution in [0.5, 0.6) is 28.7 Å². The van der Waals surface area contributed by atoms with Crippen LogP contribution in [0.3, 0.4) is 0 Å². The van der Waals surface area contributed by atoms with E-state index in [2.05, 4.69) is 15.8 Å². The molecule has 0 fully saturated rings. The number of halogens is 1. The quantitative estimate of drug-likeness (QED) is 0.132. The van der Waals surface area contributed by atoms with Crippen LogP contribution in [0.2, 0.25) is 5.02 Å². The molecule has 0 radical (unpaired) electrons. The molecule has 11 nitrogen and oxygen atoms in total. The SMILES string of the molecule is CCOc1cc(C=NNC(=O)CCNC(=O)c2ccccc2Cl)ccc1OC(=O)c1cc(OC)c(OC)c(OC)c1. The first-order chi connectivity index (χ1) is 19.8. The number of amides is 2. The van der Waals surface area contributed by atoms with E-state index < -0.39 is 11.9 Å². The van der Waals surface area contributed by atoms with Crippen molar-refractivity contribution in [1.82, 2.24) is 10.7 Å². The van der Waals surface area contributed by atoms with Gasteiger partial charge in [0.1, 0.15) is 0 Å². The molecule has 0 saturated heterocycles. The number of nitrogens with zero attached hydrogens (tertiary/aromatic N) is 1. The fraction of sp³-hybridized carbons (Fsp3) is 0.241. The van der Waals surface area contributed by atoms with Crippen LogP contribution >= 0.6 is 11.6 Å². The number of hydrazone groups is 1. The van der Waals surface area contributed by atoms with Crippen molar-refractivity contribution >= 4 is 35.6 Å². The summed E-state index contributed by atoms with van der Waals surface area (Å²) in [7, 11) is 4.36. The Morgan fingerprint density at radius 3 is 2.24 bits per heavy atom. The molecule has 0 spiro atoms. The van der Waals surface area contributed by atoms with E-state index in [4.69, 9.17) is 35.3 Å². The summed E-state index contributed by atoms with van der Waals surface area (Å²) in [5, 5.41) is 6.91. The summed E-state index contributed by atoms with van der Waals surface area (Å²) < 4.78 is 27.1. The summed E-state index contributed by atoms with van der Waals surface area (Å²) in [6.07, 6.45) is 1.42. The monoisotopic (exact) mass is 583 g/mol. The van der Waals surface area contributed by atoms with Gasteiger partial charge in [-0.15, -0.1) is 0 Å². The Morgan fingerprint density at radius 2 is 1.61 bits per heavy atom. The van der Waals surface area contributed by atoms with Crippen LogP contribution in [0, 0.1) is 0 Å². The number of ether oxygens (including phenoxy) is 5. The van der Waals surface area contributed by atoms with Gasteiger partial charge in [0.15, 0.2) is 23.0 Å². The molecule has 0 atom stereocenters. The normalized spacial score (nSPS) is 10.6. The third-order valence-corrected chi connectivity index (χ3v) is 5.86. The van der Waals surface area contributed by atoms with E-state index in [1.165, 1.54) is 39.7 Å². The van der Waals surface area contributed by atoms with Gasteiger partial charge in [-0.05, 0) is 55.0 Å². The molecule has 0 aliphatic rings. The summed E-state index contributed by atoms with van der Waals surface area (Å²) in [5.41, 5.74) is 3.48. The molecule has 3 rings (SSSR count). The van der Waals surface area contributed by atoms with E-state index >= 15 is 0 Å². The van der Waals surface area contributed by atoms with E-state index in [1.54, 1.807) is 49.4 Å². The second-order valence-corrected chi connectivity index (χ2v) is 8.63. The number of hydrogen-bond acceptors (Lipinski definition) is 9. The predicted octanol–water partition coefficient (Wildman–Crippen LogP) is 4.25. The molecule has 41 heavy (non-hydrogen) atoms. The Bertz CT molecular complexity index is 1400. The molecule has 3 aromatic carbocycles. The third-order valence-electron chi connectivity index (χ3n) is 5.53. The standard InChI is InChI=1S/C29H30ClN3O8/c1-5-40-23-14-18(17-32-33-26(34)12-13-31-28(35)20-8-6-7-9-21(20)30)10-11-22(23)41-29(36)19-15-24(37-2)27(39-4)25(16-19)38-3/h6-11,14-17H,5,12-13H2,1-4H3,(H,31,35)(H,33,34). The number of hydrogen-bond donors (Lipinski definition) is 2. The molecule has 0 aliphatic heterocycles. The number of benzene rings is 3. The van der Waals surface area contributed by atoms with Crippen molar-refractivity contribution in [1.29, 1.82) is 0 Å². The third kappa shape index (κ3) is 8.36. The minimum absolute atomic E-state index is 0.00749. The van der Waals surface area contributed by atoms with E-state index in [1.807, 2.05) is 0 Å². The van der Waals surface area contributed by atoms with Crippen LogP contribution in [-0.4, -0.2) is 58.5 Å². The average Bonchev–Trinajstić information content (AvgIpc) is 2.97. The van der Waals surface area contributed by atoms with Crippen LogP contribution in [0.4, 0.5) is 0 Å². The number of methoxy groups -OCH3 is 3. The van der Waals surface area contributed by atoms with Crippen molar-refractivity contribution in [2.24, 2.45) is 5.10 Å². The highest BCUT2D eigenvalue weighted by molar-refractivity contribution is 6.33. The molecule has 0 saturated carbocycles. The fourth-order valence-corrected chi connectivity index (χ4v) is 3.80. The second kappa shape index (κ2) is 15.1. The van der Waals surface area contributed by atoms with Crippen LogP contribution < -0.4 is 34.4 Å². The van der Waals surface area contributed by atoms with Crippen LogP contribution in [-0.2, 0) is 4.79 Å². The second-order valence-electron chi connectivity index (χ2n) is 8.22. The number of carbonyl (C=O) groups excluding carboxylic acids is 3. The lowest BCUT2D eigenvalue weighted by Gasteiger charge is -2.15. The number of rotatable bonds is 13. The molecule has 2 N–H and O–H groups in total. The van der Waals surface area contributed by atoms with Gasteiger partial charge in [-0.1, -0.05) is 23.7 Å². The lowest BCUT2D eigenvalue weighted by atomic mass is 10.1. The first-order valence-corrected chi connectivity index (χ1v) is 12.8. The van der Waals surface area contributed by atoms with Crippen molar-refractivity contribution < 1.29 is 38.1 Å². The van der Waals surface area contributed by atoms with E-state index in [0.29, 0.717) is 45.8 Å². The highest BCUT2D eigenvalue weighted by atomic mass is 35.5. The Labute approximate surface area is 242 Å². The van der Waals surface area contributed by atoms with Crippen molar-refractivity contribution in [3.63, 3.8) is 0 Å². The minimum Gasteiger partial charge on any atom is -0.493 e. The maximum absolute atomic E-state index is 12.9. The zero-order valence-electron chi connectivity index (χ0n) is 23.0. The smallest absolute Gasteiger partial charge is 0.343 e. The number of esters is 1. The summed E-state index contributed by atoms with van der Waals surface area (Å²) in [5.74, 6) is -0.00424. The summed E-state index contributed by atoms with van der Waals surface area (Å²) in [6.45, 7) is 2.20. The first-order valence-electron chi connectivity index (χ1n) is 12.4. The molecule has 0 aromatic heterocycles. The molecule has 216 valence electrons. The summed E-state index contributed by atoms with van der Waals surface area (Å²) >= 11 is 6.01. The molecule has 12 heteroatoms. The molecular formula is C29H30ClN3O8. The molecule has 0 aliphatic carbocycles. The Morgan fingerprint density at radius 1 is 0.902 bits per heavy atom. The molecule has 0 heterocycles. The highest BCUT2D eigenvalue weighted by Crippen LogP contribution is 2.39. The van der Waals surface area contributed by atoms with Crippen molar-refractivity contribution in [3.05, 3.63) is 76.3 Å². The summed E-state index contributed by atoms with van der Waals surface area (Å²) in [6, 6.07) is 14.4. The molecular weight excluding hydrogens is 554 g/mol. The van der Waals surface area contributed by atoms with Crippen molar-refractivity contribution in [3.8, 4) is 28.7 Å². The van der Waals surface area contributed by atoms with Gasteiger partial charge < -0.3 is 29.0 Å². The Balaban J connectivity index is 1.61. The lowest BCUT2D eigenvalue weighted by molar-refractivity contribution is -0.120. The zero-order valence-corrected chi connectivity index (χ0v) is 23.7. The van der Waals surface area contributed by atoms with E-state index in [9.17, 15) is 14.4 Å². The highest BCUT2D eigenvalue weighted by Gasteiger charge is 2.20. The van der Waals surface area contributed by atoms with Crippen LogP contribution in [0.1, 0.15) is 39.6 Å². The largest absolute Gasteiger partial charge is 0.493 e. The van der Waals surface area contributed by atoms with Gasteiger partial charge in [-0.3, -0.25) is 9.59 Å². The topological polar surface area (TPSA) is 134 Å². The molecule has 2 amide bonds. The van der Waals surface area contributed by atoms with Gasteiger partial charge in [-0.25, -0.2) is 10.2 Å². The van der Waals surface area contributed by atoms with Gasteiger partial charge in [0, 0.05) is 13.0 Å². The molecule has 0 bridgehead atoms. The van der Waals surface area contributed by atoms with Gasteiger partial charge in [-0.2, -0.15) is 5.10 Å². The maximum Gasteiger partial charge on any atom is 0.343 e. The predicted molar refractivity (Wildman–Crippen MR) is 153 cm³/mol. The van der Waals surface area contributed by atoms with E-state index in [-0.39, 0.29) is 30.2 Å². The average molecular weight is 584 g/mol. The lowest BCUT2D eigenvalue weighted by Crippen LogP contribution is -2.29. The summed E-state index contributed by atoms with van der Waals surface area (Å²) in [4.78, 5) is 37.2. The van der Waals surface area contributed by atoms with Gasteiger partial charge in [0.2, 0.25) is 11.7 Å². The molecule has 0 unspecified atom stereocenters. The Hall–Kier alpha value is -4.77. The maximum atomic E-state index is 12.9.